The predicted molar refractivity (Wildman–Crippen MR) is 55.3 cm³/mol. The van der Waals surface area contributed by atoms with E-state index in [-0.39, 0.29) is 5.41 Å². The SMILES string of the molecule is CC1(C)COB(c2ccc(F)nc2)OC1. The standard InChI is InChI=1S/C10H13BFNO2/c1-10(2)6-14-11(15-7-10)8-3-4-9(12)13-5-8/h3-5H,6-7H2,1-2H3. The first kappa shape index (κ1) is 10.6. The maximum atomic E-state index is 12.6. The molecule has 80 valence electrons. The van der Waals surface area contributed by atoms with Crippen LogP contribution in [0.5, 0.6) is 0 Å². The Kier molecular flexibility index (Phi) is 2.75. The number of pyridine rings is 1. The summed E-state index contributed by atoms with van der Waals surface area (Å²) in [5.41, 5.74) is 0.802. The number of hydrogen-bond acceptors (Lipinski definition) is 3. The van der Waals surface area contributed by atoms with E-state index >= 15 is 0 Å². The van der Waals surface area contributed by atoms with Crippen molar-refractivity contribution in [1.82, 2.24) is 4.98 Å². The molecule has 3 nitrogen and oxygen atoms in total. The van der Waals surface area contributed by atoms with Gasteiger partial charge in [0.15, 0.2) is 0 Å². The van der Waals surface area contributed by atoms with Gasteiger partial charge in [-0.3, -0.25) is 0 Å². The minimum absolute atomic E-state index is 0.0456. The van der Waals surface area contributed by atoms with Gasteiger partial charge < -0.3 is 9.31 Å². The van der Waals surface area contributed by atoms with E-state index in [0.29, 0.717) is 13.2 Å². The smallest absolute Gasteiger partial charge is 0.407 e. The molecule has 0 aliphatic carbocycles. The lowest BCUT2D eigenvalue weighted by Gasteiger charge is -2.32. The van der Waals surface area contributed by atoms with E-state index in [1.807, 2.05) is 0 Å². The zero-order chi connectivity index (χ0) is 10.9. The van der Waals surface area contributed by atoms with Gasteiger partial charge in [0, 0.05) is 30.3 Å². The molecule has 0 saturated carbocycles. The Labute approximate surface area is 88.8 Å². The van der Waals surface area contributed by atoms with Crippen LogP contribution in [0.3, 0.4) is 0 Å². The van der Waals surface area contributed by atoms with E-state index in [4.69, 9.17) is 9.31 Å². The van der Waals surface area contributed by atoms with Crippen LogP contribution in [0.2, 0.25) is 0 Å². The Morgan fingerprint density at radius 2 is 2.00 bits per heavy atom. The van der Waals surface area contributed by atoms with E-state index in [9.17, 15) is 4.39 Å². The quantitative estimate of drug-likeness (QED) is 0.510. The van der Waals surface area contributed by atoms with Gasteiger partial charge in [0.1, 0.15) is 0 Å². The first-order valence-electron chi connectivity index (χ1n) is 4.91. The molecule has 1 aliphatic heterocycles. The molecular weight excluding hydrogens is 196 g/mol. The van der Waals surface area contributed by atoms with Gasteiger partial charge in [-0.1, -0.05) is 19.9 Å². The van der Waals surface area contributed by atoms with Crippen LogP contribution in [0.1, 0.15) is 13.8 Å². The van der Waals surface area contributed by atoms with Crippen molar-refractivity contribution in [2.24, 2.45) is 5.41 Å². The van der Waals surface area contributed by atoms with Crippen molar-refractivity contribution in [2.75, 3.05) is 13.2 Å². The lowest BCUT2D eigenvalue weighted by Crippen LogP contribution is -2.47. The topological polar surface area (TPSA) is 31.4 Å². The average Bonchev–Trinajstić information content (AvgIpc) is 2.20. The zero-order valence-corrected chi connectivity index (χ0v) is 8.87. The summed E-state index contributed by atoms with van der Waals surface area (Å²) >= 11 is 0. The third kappa shape index (κ3) is 2.55. The van der Waals surface area contributed by atoms with E-state index in [2.05, 4.69) is 18.8 Å². The van der Waals surface area contributed by atoms with Crippen LogP contribution >= 0.6 is 0 Å². The highest BCUT2D eigenvalue weighted by atomic mass is 19.1. The van der Waals surface area contributed by atoms with E-state index in [0.717, 1.165) is 5.46 Å². The monoisotopic (exact) mass is 209 g/mol. The van der Waals surface area contributed by atoms with Crippen molar-refractivity contribution >= 4 is 12.6 Å². The van der Waals surface area contributed by atoms with Gasteiger partial charge >= 0.3 is 7.12 Å². The Morgan fingerprint density at radius 1 is 1.33 bits per heavy atom. The van der Waals surface area contributed by atoms with Crippen molar-refractivity contribution in [3.8, 4) is 0 Å². The van der Waals surface area contributed by atoms with E-state index in [1.165, 1.54) is 12.3 Å². The fraction of sp³-hybridized carbons (Fsp3) is 0.500. The molecule has 1 saturated heterocycles. The maximum absolute atomic E-state index is 12.6. The van der Waals surface area contributed by atoms with Gasteiger partial charge in [-0.05, 0) is 6.07 Å². The second kappa shape index (κ2) is 3.91. The summed E-state index contributed by atoms with van der Waals surface area (Å²) in [6, 6.07) is 2.94. The van der Waals surface area contributed by atoms with Gasteiger partial charge in [0.25, 0.3) is 0 Å². The normalized spacial score (nSPS) is 20.3. The molecule has 1 aliphatic rings. The molecular formula is C10H13BFNO2. The fourth-order valence-electron chi connectivity index (χ4n) is 1.41. The van der Waals surface area contributed by atoms with Crippen molar-refractivity contribution < 1.29 is 13.7 Å². The van der Waals surface area contributed by atoms with Gasteiger partial charge in [-0.15, -0.1) is 0 Å². The minimum atomic E-state index is -0.491. The van der Waals surface area contributed by atoms with Gasteiger partial charge in [-0.2, -0.15) is 4.39 Å². The van der Waals surface area contributed by atoms with Gasteiger partial charge in [0.05, 0.1) is 0 Å². The lowest BCUT2D eigenvalue weighted by atomic mass is 9.77. The van der Waals surface area contributed by atoms with E-state index < -0.39 is 13.1 Å². The van der Waals surface area contributed by atoms with Crippen molar-refractivity contribution in [3.63, 3.8) is 0 Å². The Balaban J connectivity index is 2.04. The molecule has 1 fully saturated rings. The Hall–Kier alpha value is -0.935. The third-order valence-corrected chi connectivity index (χ3v) is 2.27. The summed E-state index contributed by atoms with van der Waals surface area (Å²) in [5, 5.41) is 0. The number of halogens is 1. The fourth-order valence-corrected chi connectivity index (χ4v) is 1.41. The second-order valence-electron chi connectivity index (χ2n) is 4.53. The lowest BCUT2D eigenvalue weighted by molar-refractivity contribution is 0.0343. The Bertz CT molecular complexity index is 332. The molecule has 2 heterocycles. The largest absolute Gasteiger partial charge is 0.495 e. The van der Waals surface area contributed by atoms with Crippen LogP contribution in [0.15, 0.2) is 18.3 Å². The molecule has 0 radical (unpaired) electrons. The molecule has 2 rings (SSSR count). The molecule has 0 bridgehead atoms. The van der Waals surface area contributed by atoms with Gasteiger partial charge in [-0.25, -0.2) is 4.98 Å². The average molecular weight is 209 g/mol. The molecule has 0 spiro atoms. The molecule has 0 unspecified atom stereocenters. The highest BCUT2D eigenvalue weighted by Gasteiger charge is 2.33. The summed E-state index contributed by atoms with van der Waals surface area (Å²) in [4.78, 5) is 3.56. The maximum Gasteiger partial charge on any atom is 0.495 e. The zero-order valence-electron chi connectivity index (χ0n) is 8.87. The molecule has 5 heteroatoms. The number of hydrogen-bond donors (Lipinski definition) is 0. The molecule has 0 atom stereocenters. The number of aromatic nitrogens is 1. The summed E-state index contributed by atoms with van der Waals surface area (Å²) in [6.45, 7) is 5.42. The van der Waals surface area contributed by atoms with Gasteiger partial charge in [0.2, 0.25) is 5.95 Å². The summed E-state index contributed by atoms with van der Waals surface area (Å²) in [5.74, 6) is -0.491. The van der Waals surface area contributed by atoms with Crippen LogP contribution in [0, 0.1) is 11.4 Å². The first-order valence-corrected chi connectivity index (χ1v) is 4.91. The Morgan fingerprint density at radius 3 is 2.53 bits per heavy atom. The van der Waals surface area contributed by atoms with Crippen molar-refractivity contribution in [1.29, 1.82) is 0 Å². The molecule has 0 N–H and O–H groups in total. The van der Waals surface area contributed by atoms with Crippen molar-refractivity contribution in [2.45, 2.75) is 13.8 Å². The van der Waals surface area contributed by atoms with E-state index in [1.54, 1.807) is 6.07 Å². The summed E-state index contributed by atoms with van der Waals surface area (Å²) in [7, 11) is -0.411. The molecule has 0 amide bonds. The third-order valence-electron chi connectivity index (χ3n) is 2.27. The molecule has 0 aromatic carbocycles. The number of nitrogens with zero attached hydrogens (tertiary/aromatic N) is 1. The summed E-state index contributed by atoms with van der Waals surface area (Å²) < 4.78 is 23.7. The molecule has 1 aromatic heterocycles. The molecule has 15 heavy (non-hydrogen) atoms. The second-order valence-corrected chi connectivity index (χ2v) is 4.53. The predicted octanol–water partition coefficient (Wildman–Crippen LogP) is 0.989. The summed E-state index contributed by atoms with van der Waals surface area (Å²) in [6.07, 6.45) is 1.44. The van der Waals surface area contributed by atoms with Crippen LogP contribution in [0.4, 0.5) is 4.39 Å². The van der Waals surface area contributed by atoms with Crippen LogP contribution in [0.25, 0.3) is 0 Å². The highest BCUT2D eigenvalue weighted by Crippen LogP contribution is 2.21. The number of rotatable bonds is 1. The molecule has 1 aromatic rings. The highest BCUT2D eigenvalue weighted by molar-refractivity contribution is 6.61. The van der Waals surface area contributed by atoms with Crippen LogP contribution in [-0.4, -0.2) is 25.3 Å². The minimum Gasteiger partial charge on any atom is -0.407 e. The first-order chi connectivity index (χ1) is 7.07. The van der Waals surface area contributed by atoms with Crippen molar-refractivity contribution in [3.05, 3.63) is 24.3 Å². The van der Waals surface area contributed by atoms with Crippen LogP contribution in [-0.2, 0) is 9.31 Å². The van der Waals surface area contributed by atoms with Crippen LogP contribution < -0.4 is 5.46 Å².